The zero-order valence-corrected chi connectivity index (χ0v) is 17.0. The lowest BCUT2D eigenvalue weighted by Crippen LogP contribution is -2.30. The summed E-state index contributed by atoms with van der Waals surface area (Å²) in [7, 11) is 0. The number of hydrogen-bond acceptors (Lipinski definition) is 3. The van der Waals surface area contributed by atoms with Crippen molar-refractivity contribution in [2.75, 3.05) is 25.0 Å². The van der Waals surface area contributed by atoms with E-state index < -0.39 is 0 Å². The van der Waals surface area contributed by atoms with Crippen molar-refractivity contribution in [3.63, 3.8) is 0 Å². The second-order valence-corrected chi connectivity index (χ2v) is 6.49. The Bertz CT molecular complexity index is 862. The molecule has 6 nitrogen and oxygen atoms in total. The summed E-state index contributed by atoms with van der Waals surface area (Å²) in [6.45, 7) is 7.35. The van der Waals surface area contributed by atoms with Gasteiger partial charge in [-0.1, -0.05) is 11.6 Å². The number of benzene rings is 2. The van der Waals surface area contributed by atoms with Crippen molar-refractivity contribution in [1.29, 1.82) is 0 Å². The quantitative estimate of drug-likeness (QED) is 0.740. The Hall–Kier alpha value is -2.86. The molecule has 2 N–H and O–H groups in total. The number of nitrogens with one attached hydrogen (secondary N) is 2. The lowest BCUT2D eigenvalue weighted by atomic mass is 10.1. The number of nitrogens with zero attached hydrogens (tertiary/aromatic N) is 1. The van der Waals surface area contributed by atoms with Crippen LogP contribution in [0, 0.1) is 0 Å². The van der Waals surface area contributed by atoms with Crippen LogP contribution in [-0.4, -0.2) is 42.3 Å². The maximum absolute atomic E-state index is 12.6. The van der Waals surface area contributed by atoms with Crippen LogP contribution in [0.4, 0.5) is 5.69 Å². The van der Waals surface area contributed by atoms with Crippen molar-refractivity contribution in [2.45, 2.75) is 20.8 Å². The molecule has 0 aliphatic carbocycles. The molecule has 0 aliphatic rings. The van der Waals surface area contributed by atoms with Gasteiger partial charge in [-0.2, -0.15) is 0 Å². The van der Waals surface area contributed by atoms with Crippen molar-refractivity contribution < 1.29 is 14.4 Å². The van der Waals surface area contributed by atoms with Crippen LogP contribution in [0.3, 0.4) is 0 Å². The van der Waals surface area contributed by atoms with Crippen molar-refractivity contribution >= 4 is 35.0 Å². The van der Waals surface area contributed by atoms with Crippen LogP contribution in [0.1, 0.15) is 51.8 Å². The normalized spacial score (nSPS) is 10.3. The summed E-state index contributed by atoms with van der Waals surface area (Å²) >= 11 is 5.98. The molecule has 0 heterocycles. The highest BCUT2D eigenvalue weighted by Gasteiger charge is 2.16. The van der Waals surface area contributed by atoms with E-state index in [-0.39, 0.29) is 23.3 Å². The molecule has 2 aromatic rings. The molecule has 0 saturated heterocycles. The third kappa shape index (κ3) is 5.10. The van der Waals surface area contributed by atoms with Crippen LogP contribution in [0.15, 0.2) is 42.5 Å². The lowest BCUT2D eigenvalue weighted by molar-refractivity contribution is 0.0772. The van der Waals surface area contributed by atoms with Gasteiger partial charge in [-0.05, 0) is 63.2 Å². The molecular formula is C21H24ClN3O3. The Balaban J connectivity index is 2.20. The molecule has 2 rings (SSSR count). The summed E-state index contributed by atoms with van der Waals surface area (Å²) < 4.78 is 0. The molecule has 0 atom stereocenters. The smallest absolute Gasteiger partial charge is 0.255 e. The predicted molar refractivity (Wildman–Crippen MR) is 111 cm³/mol. The SMILES string of the molecule is CCNC(=O)c1cc(Cl)ccc1NC(=O)c1ccc(C(=O)N(CC)CC)cc1. The first-order valence-corrected chi connectivity index (χ1v) is 9.57. The van der Waals surface area contributed by atoms with Crippen LogP contribution < -0.4 is 10.6 Å². The standard InChI is InChI=1S/C21H24ClN3O3/c1-4-23-20(27)17-13-16(22)11-12-18(17)24-19(26)14-7-9-15(10-8-14)21(28)25(5-2)6-3/h7-13H,4-6H2,1-3H3,(H,23,27)(H,24,26). The van der Waals surface area contributed by atoms with E-state index in [1.54, 1.807) is 41.3 Å². The third-order valence-corrected chi connectivity index (χ3v) is 4.49. The lowest BCUT2D eigenvalue weighted by Gasteiger charge is -2.18. The summed E-state index contributed by atoms with van der Waals surface area (Å²) in [4.78, 5) is 38.9. The molecule has 28 heavy (non-hydrogen) atoms. The molecular weight excluding hydrogens is 378 g/mol. The van der Waals surface area contributed by atoms with E-state index in [1.807, 2.05) is 20.8 Å². The van der Waals surface area contributed by atoms with E-state index in [0.717, 1.165) is 0 Å². The Kier molecular flexibility index (Phi) is 7.58. The van der Waals surface area contributed by atoms with E-state index in [0.29, 0.717) is 41.5 Å². The third-order valence-electron chi connectivity index (χ3n) is 4.26. The summed E-state index contributed by atoms with van der Waals surface area (Å²) in [6, 6.07) is 11.1. The fraction of sp³-hybridized carbons (Fsp3) is 0.286. The van der Waals surface area contributed by atoms with Crippen molar-refractivity contribution in [3.05, 3.63) is 64.2 Å². The minimum atomic E-state index is -0.380. The van der Waals surface area contributed by atoms with E-state index in [9.17, 15) is 14.4 Å². The molecule has 2 aromatic carbocycles. The van der Waals surface area contributed by atoms with Gasteiger partial charge < -0.3 is 15.5 Å². The van der Waals surface area contributed by atoms with Gasteiger partial charge in [0.1, 0.15) is 0 Å². The number of rotatable bonds is 7. The summed E-state index contributed by atoms with van der Waals surface area (Å²) in [5.74, 6) is -0.775. The van der Waals surface area contributed by atoms with Gasteiger partial charge in [0.25, 0.3) is 17.7 Å². The molecule has 3 amide bonds. The van der Waals surface area contributed by atoms with Crippen LogP contribution in [0.25, 0.3) is 0 Å². The number of hydrogen-bond donors (Lipinski definition) is 2. The number of anilines is 1. The summed E-state index contributed by atoms with van der Waals surface area (Å²) in [5, 5.41) is 5.83. The van der Waals surface area contributed by atoms with Gasteiger partial charge in [0.15, 0.2) is 0 Å². The fourth-order valence-corrected chi connectivity index (χ4v) is 2.89. The molecule has 0 aliphatic heterocycles. The maximum atomic E-state index is 12.6. The van der Waals surface area contributed by atoms with Crippen molar-refractivity contribution in [1.82, 2.24) is 10.2 Å². The topological polar surface area (TPSA) is 78.5 Å². The number of carbonyl (C=O) groups excluding carboxylic acids is 3. The Morgan fingerprint density at radius 1 is 0.893 bits per heavy atom. The minimum absolute atomic E-state index is 0.0758. The predicted octanol–water partition coefficient (Wildman–Crippen LogP) is 3.82. The van der Waals surface area contributed by atoms with Gasteiger partial charge in [-0.25, -0.2) is 0 Å². The molecule has 0 saturated carbocycles. The Labute approximate surface area is 169 Å². The highest BCUT2D eigenvalue weighted by molar-refractivity contribution is 6.31. The molecule has 0 unspecified atom stereocenters. The Morgan fingerprint density at radius 2 is 1.50 bits per heavy atom. The van der Waals surface area contributed by atoms with Crippen LogP contribution in [0.5, 0.6) is 0 Å². The molecule has 0 fully saturated rings. The van der Waals surface area contributed by atoms with Gasteiger partial charge in [0.2, 0.25) is 0 Å². The summed E-state index contributed by atoms with van der Waals surface area (Å²) in [5.41, 5.74) is 1.56. The molecule has 148 valence electrons. The van der Waals surface area contributed by atoms with Crippen molar-refractivity contribution in [3.8, 4) is 0 Å². The molecule has 7 heteroatoms. The maximum Gasteiger partial charge on any atom is 0.255 e. The fourth-order valence-electron chi connectivity index (χ4n) is 2.72. The molecule has 0 radical (unpaired) electrons. The minimum Gasteiger partial charge on any atom is -0.352 e. The first-order valence-electron chi connectivity index (χ1n) is 9.19. The summed E-state index contributed by atoms with van der Waals surface area (Å²) in [6.07, 6.45) is 0. The van der Waals surface area contributed by atoms with Gasteiger partial charge in [-0.15, -0.1) is 0 Å². The molecule has 0 aromatic heterocycles. The highest BCUT2D eigenvalue weighted by atomic mass is 35.5. The second-order valence-electron chi connectivity index (χ2n) is 6.06. The monoisotopic (exact) mass is 401 g/mol. The first-order chi connectivity index (χ1) is 13.4. The largest absolute Gasteiger partial charge is 0.352 e. The van der Waals surface area contributed by atoms with E-state index in [2.05, 4.69) is 10.6 Å². The van der Waals surface area contributed by atoms with Gasteiger partial charge in [-0.3, -0.25) is 14.4 Å². The van der Waals surface area contributed by atoms with Crippen LogP contribution in [-0.2, 0) is 0 Å². The Morgan fingerprint density at radius 3 is 2.07 bits per heavy atom. The van der Waals surface area contributed by atoms with Crippen molar-refractivity contribution in [2.24, 2.45) is 0 Å². The average molecular weight is 402 g/mol. The number of amides is 3. The number of halogens is 1. The van der Waals surface area contributed by atoms with Crippen LogP contribution in [0.2, 0.25) is 5.02 Å². The second kappa shape index (κ2) is 9.90. The zero-order valence-electron chi connectivity index (χ0n) is 16.2. The highest BCUT2D eigenvalue weighted by Crippen LogP contribution is 2.21. The van der Waals surface area contributed by atoms with Gasteiger partial charge in [0.05, 0.1) is 11.3 Å². The van der Waals surface area contributed by atoms with Crippen LogP contribution >= 0.6 is 11.6 Å². The first kappa shape index (κ1) is 21.4. The van der Waals surface area contributed by atoms with E-state index in [4.69, 9.17) is 11.6 Å². The number of carbonyl (C=O) groups is 3. The van der Waals surface area contributed by atoms with E-state index >= 15 is 0 Å². The van der Waals surface area contributed by atoms with Gasteiger partial charge in [0, 0.05) is 35.8 Å². The van der Waals surface area contributed by atoms with Gasteiger partial charge >= 0.3 is 0 Å². The average Bonchev–Trinajstić information content (AvgIpc) is 2.70. The van der Waals surface area contributed by atoms with E-state index in [1.165, 1.54) is 6.07 Å². The molecule has 0 spiro atoms. The zero-order chi connectivity index (χ0) is 20.7. The molecule has 0 bridgehead atoms.